The average Bonchev–Trinajstić information content (AvgIpc) is 2.94. The van der Waals surface area contributed by atoms with E-state index in [1.807, 2.05) is 49.4 Å². The fourth-order valence-electron chi connectivity index (χ4n) is 3.85. The molecule has 0 saturated heterocycles. The number of rotatable bonds is 7. The molecule has 1 N–H and O–H groups in total. The van der Waals surface area contributed by atoms with E-state index >= 15 is 0 Å². The molecule has 32 heavy (non-hydrogen) atoms. The van der Waals surface area contributed by atoms with Crippen LogP contribution in [0.15, 0.2) is 65.9 Å². The molecular formula is C25H28N2O5. The van der Waals surface area contributed by atoms with Gasteiger partial charge in [-0.05, 0) is 38.5 Å². The van der Waals surface area contributed by atoms with Crippen LogP contribution in [0.4, 0.5) is 5.69 Å². The maximum Gasteiger partial charge on any atom is 0.343 e. The lowest BCUT2D eigenvalue weighted by atomic mass is 10.0. The summed E-state index contributed by atoms with van der Waals surface area (Å²) in [6.45, 7) is 6.50. The van der Waals surface area contributed by atoms with Crippen molar-refractivity contribution < 1.29 is 24.2 Å². The van der Waals surface area contributed by atoms with Crippen molar-refractivity contribution in [2.45, 2.75) is 40.0 Å². The normalized spacial score (nSPS) is 18.2. The lowest BCUT2D eigenvalue weighted by molar-refractivity contribution is -0.150. The van der Waals surface area contributed by atoms with Crippen LogP contribution in [0.1, 0.15) is 31.9 Å². The quantitative estimate of drug-likeness (QED) is 0.530. The number of hydrogen-bond acceptors (Lipinski definition) is 6. The number of esters is 1. The summed E-state index contributed by atoms with van der Waals surface area (Å²) < 4.78 is 5.07. The largest absolute Gasteiger partial charge is 0.462 e. The molecule has 0 saturated carbocycles. The van der Waals surface area contributed by atoms with Gasteiger partial charge in [0.1, 0.15) is 5.57 Å². The van der Waals surface area contributed by atoms with Gasteiger partial charge in [0.2, 0.25) is 17.4 Å². The lowest BCUT2D eigenvalue weighted by Gasteiger charge is -2.38. The minimum absolute atomic E-state index is 0.100. The number of carbonyl (C=O) groups is 3. The fourth-order valence-corrected chi connectivity index (χ4v) is 3.85. The van der Waals surface area contributed by atoms with E-state index in [1.165, 1.54) is 16.7 Å². The molecule has 7 heteroatoms. The van der Waals surface area contributed by atoms with Crippen LogP contribution < -0.4 is 4.90 Å². The number of allylic oxidation sites excluding steroid dienone is 1. The molecule has 1 atom stereocenters. The van der Waals surface area contributed by atoms with Gasteiger partial charge in [0.25, 0.3) is 0 Å². The third kappa shape index (κ3) is 4.43. The Balaban J connectivity index is 2.04. The van der Waals surface area contributed by atoms with Crippen LogP contribution in [0.5, 0.6) is 0 Å². The molecule has 1 aliphatic rings. The Morgan fingerprint density at radius 2 is 1.69 bits per heavy atom. The molecule has 1 amide bonds. The molecule has 7 nitrogen and oxygen atoms in total. The Hall–Kier alpha value is -3.45. The van der Waals surface area contributed by atoms with Crippen LogP contribution in [-0.4, -0.2) is 46.5 Å². The standard InChI is InChI=1S/C25H28N2O5/c1-5-32-24(30)22-18(3)27(15-20-9-7-6-8-10-20)25(31,23(22)29)16-26(19(4)28)21-13-11-17(2)12-14-21/h6-14,31H,5,15-16H2,1-4H3. The van der Waals surface area contributed by atoms with Crippen molar-refractivity contribution in [3.8, 4) is 0 Å². The monoisotopic (exact) mass is 436 g/mol. The molecule has 1 aliphatic heterocycles. The van der Waals surface area contributed by atoms with Crippen molar-refractivity contribution in [2.24, 2.45) is 0 Å². The summed E-state index contributed by atoms with van der Waals surface area (Å²) in [7, 11) is 0. The zero-order chi connectivity index (χ0) is 23.5. The zero-order valence-electron chi connectivity index (χ0n) is 18.8. The van der Waals surface area contributed by atoms with Crippen molar-refractivity contribution >= 4 is 23.3 Å². The van der Waals surface area contributed by atoms with E-state index in [1.54, 1.807) is 26.0 Å². The highest BCUT2D eigenvalue weighted by atomic mass is 16.5. The first-order valence-corrected chi connectivity index (χ1v) is 10.5. The molecule has 0 fully saturated rings. The minimum atomic E-state index is -2.13. The Bertz CT molecular complexity index is 1050. The predicted octanol–water partition coefficient (Wildman–Crippen LogP) is 2.96. The highest BCUT2D eigenvalue weighted by Gasteiger charge is 2.54. The summed E-state index contributed by atoms with van der Waals surface area (Å²) >= 11 is 0. The van der Waals surface area contributed by atoms with Crippen LogP contribution in [0.3, 0.4) is 0 Å². The summed E-state index contributed by atoms with van der Waals surface area (Å²) in [6.07, 6.45) is 0. The first kappa shape index (κ1) is 23.2. The van der Waals surface area contributed by atoms with E-state index in [4.69, 9.17) is 4.74 Å². The fraction of sp³-hybridized carbons (Fsp3) is 0.320. The zero-order valence-corrected chi connectivity index (χ0v) is 18.8. The second kappa shape index (κ2) is 9.36. The van der Waals surface area contributed by atoms with Gasteiger partial charge >= 0.3 is 5.97 Å². The summed E-state index contributed by atoms with van der Waals surface area (Å²) in [5, 5.41) is 11.7. The molecule has 3 rings (SSSR count). The molecule has 0 radical (unpaired) electrons. The number of amides is 1. The van der Waals surface area contributed by atoms with Gasteiger partial charge in [-0.25, -0.2) is 4.79 Å². The summed E-state index contributed by atoms with van der Waals surface area (Å²) in [5.74, 6) is -1.89. The van der Waals surface area contributed by atoms with Crippen LogP contribution in [0.25, 0.3) is 0 Å². The van der Waals surface area contributed by atoms with Crippen LogP contribution in [0.2, 0.25) is 0 Å². The summed E-state index contributed by atoms with van der Waals surface area (Å²) in [5.41, 5.74) is 0.392. The number of aliphatic hydroxyl groups is 1. The molecule has 1 unspecified atom stereocenters. The van der Waals surface area contributed by atoms with Gasteiger partial charge in [0, 0.05) is 24.9 Å². The van der Waals surface area contributed by atoms with Crippen molar-refractivity contribution in [1.82, 2.24) is 4.90 Å². The maximum atomic E-state index is 13.4. The second-order valence-electron chi connectivity index (χ2n) is 7.84. The summed E-state index contributed by atoms with van der Waals surface area (Å²) in [4.78, 5) is 41.3. The molecule has 0 spiro atoms. The van der Waals surface area contributed by atoms with Crippen LogP contribution in [0, 0.1) is 6.92 Å². The molecule has 2 aromatic rings. The van der Waals surface area contributed by atoms with Crippen molar-refractivity contribution in [3.63, 3.8) is 0 Å². The topological polar surface area (TPSA) is 87.2 Å². The average molecular weight is 437 g/mol. The van der Waals surface area contributed by atoms with Gasteiger partial charge < -0.3 is 19.6 Å². The highest BCUT2D eigenvalue weighted by Crippen LogP contribution is 2.36. The minimum Gasteiger partial charge on any atom is -0.462 e. The van der Waals surface area contributed by atoms with E-state index in [2.05, 4.69) is 0 Å². The number of ether oxygens (including phenoxy) is 1. The smallest absolute Gasteiger partial charge is 0.343 e. The number of aryl methyl sites for hydroxylation is 1. The molecule has 168 valence electrons. The van der Waals surface area contributed by atoms with Gasteiger partial charge in [-0.15, -0.1) is 0 Å². The lowest BCUT2D eigenvalue weighted by Crippen LogP contribution is -2.57. The Morgan fingerprint density at radius 1 is 1.06 bits per heavy atom. The Kier molecular flexibility index (Phi) is 6.79. The molecule has 1 heterocycles. The van der Waals surface area contributed by atoms with E-state index in [0.717, 1.165) is 11.1 Å². The Morgan fingerprint density at radius 3 is 2.25 bits per heavy atom. The third-order valence-corrected chi connectivity index (χ3v) is 5.57. The van der Waals surface area contributed by atoms with Gasteiger partial charge in [0.05, 0.1) is 13.2 Å². The number of Topliss-reactive ketones (excluding diaryl/α,β-unsaturated/α-hetero) is 1. The van der Waals surface area contributed by atoms with Gasteiger partial charge in [-0.3, -0.25) is 9.59 Å². The van der Waals surface area contributed by atoms with E-state index < -0.39 is 17.5 Å². The molecular weight excluding hydrogens is 408 g/mol. The first-order valence-electron chi connectivity index (χ1n) is 10.5. The molecule has 0 aliphatic carbocycles. The van der Waals surface area contributed by atoms with Gasteiger partial charge in [-0.2, -0.15) is 0 Å². The molecule has 2 aromatic carbocycles. The highest BCUT2D eigenvalue weighted by molar-refractivity contribution is 6.23. The van der Waals surface area contributed by atoms with Crippen molar-refractivity contribution in [2.75, 3.05) is 18.1 Å². The van der Waals surface area contributed by atoms with Crippen molar-refractivity contribution in [1.29, 1.82) is 0 Å². The second-order valence-corrected chi connectivity index (χ2v) is 7.84. The first-order chi connectivity index (χ1) is 15.2. The van der Waals surface area contributed by atoms with Gasteiger partial charge in [0.15, 0.2) is 0 Å². The number of benzene rings is 2. The van der Waals surface area contributed by atoms with E-state index in [-0.39, 0.29) is 31.2 Å². The SMILES string of the molecule is CCOC(=O)C1=C(C)N(Cc2ccccc2)C(O)(CN(C(C)=O)c2ccc(C)cc2)C1=O. The van der Waals surface area contributed by atoms with Crippen LogP contribution in [-0.2, 0) is 25.7 Å². The molecule has 0 bridgehead atoms. The number of nitrogens with zero attached hydrogens (tertiary/aromatic N) is 2. The van der Waals surface area contributed by atoms with Crippen molar-refractivity contribution in [3.05, 3.63) is 77.0 Å². The summed E-state index contributed by atoms with van der Waals surface area (Å²) in [6, 6.07) is 16.5. The Labute approximate surface area is 187 Å². The third-order valence-electron chi connectivity index (χ3n) is 5.57. The number of anilines is 1. The maximum absolute atomic E-state index is 13.4. The number of carbonyl (C=O) groups excluding carboxylic acids is 3. The van der Waals surface area contributed by atoms with Gasteiger partial charge in [-0.1, -0.05) is 48.0 Å². The molecule has 0 aromatic heterocycles. The van der Waals surface area contributed by atoms with Crippen LogP contribution >= 0.6 is 0 Å². The number of hydrogen-bond donors (Lipinski definition) is 1. The number of ketones is 1. The predicted molar refractivity (Wildman–Crippen MR) is 120 cm³/mol. The van der Waals surface area contributed by atoms with E-state index in [9.17, 15) is 19.5 Å². The van der Waals surface area contributed by atoms with E-state index in [0.29, 0.717) is 11.4 Å².